The predicted molar refractivity (Wildman–Crippen MR) is 175 cm³/mol. The average Bonchev–Trinajstić information content (AvgIpc) is 3.90. The monoisotopic (exact) mass is 720 g/mol. The lowest BCUT2D eigenvalue weighted by atomic mass is 10.1. The van der Waals surface area contributed by atoms with Crippen molar-refractivity contribution in [1.29, 1.82) is 0 Å². The Morgan fingerprint density at radius 1 is 0.938 bits per heavy atom. The molecule has 6 rings (SSSR count). The highest BCUT2D eigenvalue weighted by Crippen LogP contribution is 2.32. The number of aliphatic hydroxyl groups is 1. The number of nitrogens with zero attached hydrogens (tertiary/aromatic N) is 8. The molecule has 1 aliphatic heterocycles. The van der Waals surface area contributed by atoms with E-state index in [2.05, 4.69) is 25.1 Å². The van der Waals surface area contributed by atoms with Crippen molar-refractivity contribution < 1.29 is 33.4 Å². The van der Waals surface area contributed by atoms with Gasteiger partial charge in [0.25, 0.3) is 0 Å². The number of aliphatic carboxylic acids is 1. The number of aliphatic hydroxyl groups excluding tert-OH is 1. The number of ether oxygens (including phenoxy) is 1. The van der Waals surface area contributed by atoms with Crippen LogP contribution < -0.4 is 9.64 Å². The van der Waals surface area contributed by atoms with Crippen molar-refractivity contribution in [3.8, 4) is 28.9 Å². The molecule has 48 heavy (non-hydrogen) atoms. The van der Waals surface area contributed by atoms with Crippen LogP contribution in [0.5, 0.6) is 5.75 Å². The van der Waals surface area contributed by atoms with Crippen molar-refractivity contribution in [3.63, 3.8) is 0 Å². The van der Waals surface area contributed by atoms with E-state index in [4.69, 9.17) is 53.5 Å². The molecule has 2 N–H and O–H groups in total. The van der Waals surface area contributed by atoms with Gasteiger partial charge in [0.1, 0.15) is 31.4 Å². The lowest BCUT2D eigenvalue weighted by Crippen LogP contribution is -2.57. The number of aromatic nitrogens is 6. The van der Waals surface area contributed by atoms with Gasteiger partial charge in [-0.1, -0.05) is 34.8 Å². The zero-order valence-corrected chi connectivity index (χ0v) is 28.3. The van der Waals surface area contributed by atoms with Gasteiger partial charge in [0, 0.05) is 31.4 Å². The Labute approximate surface area is 289 Å². The van der Waals surface area contributed by atoms with Crippen LogP contribution in [0.3, 0.4) is 0 Å². The van der Waals surface area contributed by atoms with Crippen LogP contribution in [0.15, 0.2) is 52.0 Å². The van der Waals surface area contributed by atoms with E-state index in [0.29, 0.717) is 69.1 Å². The van der Waals surface area contributed by atoms with E-state index >= 15 is 0 Å². The maximum absolute atomic E-state index is 13.1. The molecule has 5 heterocycles. The van der Waals surface area contributed by atoms with Crippen molar-refractivity contribution in [2.75, 3.05) is 38.3 Å². The summed E-state index contributed by atoms with van der Waals surface area (Å²) in [5.74, 6) is 0.0118. The fourth-order valence-corrected chi connectivity index (χ4v) is 5.70. The van der Waals surface area contributed by atoms with Crippen LogP contribution in [0.1, 0.15) is 11.4 Å². The zero-order valence-electron chi connectivity index (χ0n) is 26.0. The SMILES string of the molecule is COc1cc(N2CCN(C(=O)Cn3nc(-c4ncco4)c(Cl)c3C)[C@@H](CO)C2)ccc1Cl.Cc1c(Cl)c(-c2ncco2)nn1CC(=O)O. The normalized spacial score (nSPS) is 14.5. The number of halogens is 3. The van der Waals surface area contributed by atoms with E-state index < -0.39 is 5.97 Å². The summed E-state index contributed by atoms with van der Waals surface area (Å²) in [5, 5.41) is 28.4. The van der Waals surface area contributed by atoms with Crippen LogP contribution in [0, 0.1) is 13.8 Å². The standard InChI is InChI=1S/C21H23Cl2N5O4.C9H8ClN3O3/c1-13-19(23)20(21-24-5-8-32-21)25-28(13)11-18(30)27-7-6-26(10-15(27)12-29)14-3-4-16(22)17(9-14)31-2;1-5-7(10)8(9-11-2-3-16-9)12-13(5)4-6(14)15/h3-5,8-9,15,29H,6-7,10-12H2,1-2H3;2-3H,4H2,1H3,(H,14,15)/t15-;/m1./s1. The van der Waals surface area contributed by atoms with Gasteiger partial charge in [-0.3, -0.25) is 19.0 Å². The first-order valence-corrected chi connectivity index (χ1v) is 15.6. The summed E-state index contributed by atoms with van der Waals surface area (Å²) < 4.78 is 18.5. The molecule has 0 aliphatic carbocycles. The molecule has 18 heteroatoms. The lowest BCUT2D eigenvalue weighted by Gasteiger charge is -2.41. The third-order valence-electron chi connectivity index (χ3n) is 7.62. The number of methoxy groups -OCH3 is 1. The first-order chi connectivity index (χ1) is 23.0. The summed E-state index contributed by atoms with van der Waals surface area (Å²) in [6.07, 6.45) is 5.81. The van der Waals surface area contributed by atoms with Gasteiger partial charge in [-0.05, 0) is 26.0 Å². The number of hydrogen-bond acceptors (Lipinski definition) is 11. The molecule has 1 amide bonds. The van der Waals surface area contributed by atoms with Gasteiger partial charge in [0.05, 0.1) is 58.6 Å². The van der Waals surface area contributed by atoms with Gasteiger partial charge >= 0.3 is 5.97 Å². The first kappa shape index (κ1) is 34.8. The van der Waals surface area contributed by atoms with E-state index in [1.807, 2.05) is 12.1 Å². The number of anilines is 1. The minimum Gasteiger partial charge on any atom is -0.495 e. The summed E-state index contributed by atoms with van der Waals surface area (Å²) in [4.78, 5) is 35.4. The summed E-state index contributed by atoms with van der Waals surface area (Å²) in [5.41, 5.74) is 2.87. The number of carbonyl (C=O) groups excluding carboxylic acids is 1. The molecule has 0 spiro atoms. The third-order valence-corrected chi connectivity index (χ3v) is 8.84. The molecule has 1 aromatic carbocycles. The van der Waals surface area contributed by atoms with Crippen molar-refractivity contribution in [2.45, 2.75) is 33.0 Å². The van der Waals surface area contributed by atoms with Gasteiger partial charge in [-0.2, -0.15) is 10.2 Å². The summed E-state index contributed by atoms with van der Waals surface area (Å²) in [7, 11) is 1.56. The number of carbonyl (C=O) groups is 2. The molecule has 1 aliphatic rings. The second-order valence-electron chi connectivity index (χ2n) is 10.6. The topological polar surface area (TPSA) is 178 Å². The largest absolute Gasteiger partial charge is 0.495 e. The molecule has 1 fully saturated rings. The number of oxazole rings is 2. The Morgan fingerprint density at radius 3 is 2.02 bits per heavy atom. The third kappa shape index (κ3) is 7.44. The number of piperazine rings is 1. The maximum Gasteiger partial charge on any atom is 0.325 e. The Bertz CT molecular complexity index is 1880. The Balaban J connectivity index is 0.000000236. The number of carboxylic acids is 1. The van der Waals surface area contributed by atoms with E-state index in [0.717, 1.165) is 5.69 Å². The number of hydrogen-bond donors (Lipinski definition) is 2. The smallest absolute Gasteiger partial charge is 0.325 e. The second kappa shape index (κ2) is 15.1. The molecular formula is C30H31Cl3N8O7. The molecule has 15 nitrogen and oxygen atoms in total. The zero-order chi connectivity index (χ0) is 34.5. The minimum absolute atomic E-state index is 0.00245. The van der Waals surface area contributed by atoms with Crippen molar-refractivity contribution in [2.24, 2.45) is 0 Å². The molecule has 4 aromatic heterocycles. The molecule has 1 saturated heterocycles. The second-order valence-corrected chi connectivity index (χ2v) is 11.7. The van der Waals surface area contributed by atoms with Crippen molar-refractivity contribution >= 4 is 52.4 Å². The van der Waals surface area contributed by atoms with Gasteiger partial charge in [-0.25, -0.2) is 9.97 Å². The van der Waals surface area contributed by atoms with Crippen molar-refractivity contribution in [1.82, 2.24) is 34.4 Å². The van der Waals surface area contributed by atoms with E-state index in [-0.39, 0.29) is 37.5 Å². The van der Waals surface area contributed by atoms with Crippen LogP contribution in [-0.4, -0.2) is 95.9 Å². The first-order valence-electron chi connectivity index (χ1n) is 14.5. The lowest BCUT2D eigenvalue weighted by molar-refractivity contribution is -0.138. The minimum atomic E-state index is -0.985. The number of carboxylic acid groups (broad SMARTS) is 1. The van der Waals surface area contributed by atoms with Crippen LogP contribution in [0.2, 0.25) is 15.1 Å². The number of rotatable bonds is 9. The Morgan fingerprint density at radius 2 is 1.52 bits per heavy atom. The fourth-order valence-electron chi connectivity index (χ4n) is 5.08. The fraction of sp³-hybridized carbons (Fsp3) is 0.333. The average molecular weight is 722 g/mol. The van der Waals surface area contributed by atoms with E-state index in [1.165, 1.54) is 34.3 Å². The van der Waals surface area contributed by atoms with Gasteiger partial charge in [-0.15, -0.1) is 0 Å². The quantitative estimate of drug-likeness (QED) is 0.219. The van der Waals surface area contributed by atoms with Gasteiger partial charge in [0.15, 0.2) is 11.4 Å². The molecule has 5 aromatic rings. The molecule has 0 bridgehead atoms. The number of amides is 1. The van der Waals surface area contributed by atoms with Crippen LogP contribution in [0.4, 0.5) is 5.69 Å². The molecule has 0 unspecified atom stereocenters. The van der Waals surface area contributed by atoms with Crippen LogP contribution in [-0.2, 0) is 22.7 Å². The van der Waals surface area contributed by atoms with E-state index in [9.17, 15) is 14.7 Å². The Kier molecular flexibility index (Phi) is 10.9. The molecule has 1 atom stereocenters. The summed E-state index contributed by atoms with van der Waals surface area (Å²) in [6.45, 7) is 4.60. The van der Waals surface area contributed by atoms with E-state index in [1.54, 1.807) is 31.9 Å². The highest BCUT2D eigenvalue weighted by Gasteiger charge is 2.31. The van der Waals surface area contributed by atoms with Crippen molar-refractivity contribution in [3.05, 3.63) is 69.6 Å². The number of benzene rings is 1. The summed E-state index contributed by atoms with van der Waals surface area (Å²) in [6, 6.07) is 5.16. The Hall–Kier alpha value is -4.57. The highest BCUT2D eigenvalue weighted by molar-refractivity contribution is 6.34. The summed E-state index contributed by atoms with van der Waals surface area (Å²) >= 11 is 18.5. The predicted octanol–water partition coefficient (Wildman–Crippen LogP) is 4.46. The van der Waals surface area contributed by atoms with Gasteiger partial charge < -0.3 is 33.6 Å². The van der Waals surface area contributed by atoms with Crippen LogP contribution in [0.25, 0.3) is 23.2 Å². The maximum atomic E-state index is 13.1. The van der Waals surface area contributed by atoms with Gasteiger partial charge in [0.2, 0.25) is 17.7 Å². The molecule has 0 radical (unpaired) electrons. The molecule has 0 saturated carbocycles. The molecular weight excluding hydrogens is 691 g/mol. The highest BCUT2D eigenvalue weighted by atomic mass is 35.5. The molecule has 254 valence electrons. The van der Waals surface area contributed by atoms with Crippen LogP contribution >= 0.6 is 34.8 Å².